The van der Waals surface area contributed by atoms with E-state index in [9.17, 15) is 18.3 Å². The van der Waals surface area contributed by atoms with Crippen molar-refractivity contribution in [1.82, 2.24) is 5.32 Å². The van der Waals surface area contributed by atoms with Crippen LogP contribution in [0, 0.1) is 11.3 Å². The van der Waals surface area contributed by atoms with E-state index in [1.165, 1.54) is 19.3 Å². The number of nitrogens with one attached hydrogen (secondary N) is 1. The minimum atomic E-state index is -4.51. The van der Waals surface area contributed by atoms with Crippen LogP contribution in [0.2, 0.25) is 0 Å². The smallest absolute Gasteiger partial charge is 0.380 e. The fraction of sp³-hybridized carbons (Fsp3) is 1.00. The van der Waals surface area contributed by atoms with Gasteiger partial charge in [-0.2, -0.15) is 13.2 Å². The summed E-state index contributed by atoms with van der Waals surface area (Å²) in [6.07, 6.45) is 1.00. The zero-order chi connectivity index (χ0) is 15.6. The number of hydrogen-bond donors (Lipinski definition) is 2. The van der Waals surface area contributed by atoms with Gasteiger partial charge in [0.05, 0.1) is 6.10 Å². The highest BCUT2D eigenvalue weighted by molar-refractivity contribution is 5.19. The largest absolute Gasteiger partial charge is 0.417 e. The molecule has 126 valence electrons. The molecule has 1 heterocycles. The van der Waals surface area contributed by atoms with Gasteiger partial charge < -0.3 is 15.2 Å². The Morgan fingerprint density at radius 3 is 2.27 bits per heavy atom. The summed E-state index contributed by atoms with van der Waals surface area (Å²) in [6, 6.07) is 0.516. The van der Waals surface area contributed by atoms with Crippen molar-refractivity contribution in [3.05, 3.63) is 0 Å². The molecule has 6 heteroatoms. The number of rotatable bonds is 2. The van der Waals surface area contributed by atoms with Crippen molar-refractivity contribution in [2.75, 3.05) is 6.61 Å². The fourth-order valence-electron chi connectivity index (χ4n) is 5.29. The van der Waals surface area contributed by atoms with Crippen LogP contribution >= 0.6 is 0 Å². The molecule has 0 aromatic heterocycles. The number of alkyl halides is 3. The van der Waals surface area contributed by atoms with Gasteiger partial charge in [-0.25, -0.2) is 0 Å². The zero-order valence-electron chi connectivity index (χ0n) is 12.7. The Balaban J connectivity index is 1.37. The molecule has 3 atom stereocenters. The van der Waals surface area contributed by atoms with Crippen molar-refractivity contribution >= 4 is 0 Å². The number of hydrogen-bond acceptors (Lipinski definition) is 3. The van der Waals surface area contributed by atoms with Crippen LogP contribution in [0.25, 0.3) is 0 Å². The first-order chi connectivity index (χ1) is 10.4. The predicted molar refractivity (Wildman–Crippen MR) is 74.3 cm³/mol. The number of ether oxygens (including phenoxy) is 1. The Labute approximate surface area is 128 Å². The molecule has 4 aliphatic rings. The second-order valence-corrected chi connectivity index (χ2v) is 7.78. The van der Waals surface area contributed by atoms with Crippen LogP contribution < -0.4 is 5.32 Å². The van der Waals surface area contributed by atoms with E-state index in [4.69, 9.17) is 4.74 Å². The Hall–Kier alpha value is -0.330. The van der Waals surface area contributed by atoms with E-state index < -0.39 is 11.8 Å². The maximum atomic E-state index is 12.9. The Morgan fingerprint density at radius 1 is 1.05 bits per heavy atom. The summed E-state index contributed by atoms with van der Waals surface area (Å²) in [7, 11) is 0. The van der Waals surface area contributed by atoms with Gasteiger partial charge in [0, 0.05) is 30.0 Å². The topological polar surface area (TPSA) is 41.5 Å². The van der Waals surface area contributed by atoms with Crippen LogP contribution in [0.3, 0.4) is 0 Å². The molecule has 2 N–H and O–H groups in total. The molecule has 4 fully saturated rings. The molecular formula is C16H24F3NO2. The summed E-state index contributed by atoms with van der Waals surface area (Å²) in [5.74, 6) is 0.545. The summed E-state index contributed by atoms with van der Waals surface area (Å²) in [5, 5.41) is 13.4. The summed E-state index contributed by atoms with van der Waals surface area (Å²) in [4.78, 5) is 0. The Bertz CT molecular complexity index is 441. The van der Waals surface area contributed by atoms with Gasteiger partial charge in [-0.05, 0) is 44.9 Å². The maximum absolute atomic E-state index is 12.9. The SMILES string of the molecule is OC1(C(F)(F)F)CCC(N[C@@H]2[C@@H]3CCO[C@H]3C23CCC3)CC1. The Kier molecular flexibility index (Phi) is 3.34. The van der Waals surface area contributed by atoms with Gasteiger partial charge in [-0.3, -0.25) is 0 Å². The molecule has 0 unspecified atom stereocenters. The first-order valence-corrected chi connectivity index (χ1v) is 8.53. The average molecular weight is 319 g/mol. The van der Waals surface area contributed by atoms with Crippen LogP contribution in [0.4, 0.5) is 13.2 Å². The van der Waals surface area contributed by atoms with Gasteiger partial charge in [0.2, 0.25) is 0 Å². The molecule has 0 aromatic carbocycles. The quantitative estimate of drug-likeness (QED) is 0.822. The van der Waals surface area contributed by atoms with Crippen LogP contribution in [-0.2, 0) is 4.74 Å². The summed E-state index contributed by atoms with van der Waals surface area (Å²) in [6.45, 7) is 0.827. The number of aliphatic hydroxyl groups is 1. The van der Waals surface area contributed by atoms with E-state index >= 15 is 0 Å². The molecule has 22 heavy (non-hydrogen) atoms. The minimum absolute atomic E-state index is 0.103. The first-order valence-electron chi connectivity index (χ1n) is 8.53. The van der Waals surface area contributed by atoms with E-state index in [0.29, 0.717) is 30.9 Å². The average Bonchev–Trinajstić information content (AvgIpc) is 2.80. The van der Waals surface area contributed by atoms with Crippen LogP contribution in [0.1, 0.15) is 51.4 Å². The molecule has 4 rings (SSSR count). The van der Waals surface area contributed by atoms with E-state index in [1.54, 1.807) is 0 Å². The lowest BCUT2D eigenvalue weighted by atomic mass is 9.46. The number of fused-ring (bicyclic) bond motifs is 2. The fourth-order valence-corrected chi connectivity index (χ4v) is 5.29. The van der Waals surface area contributed by atoms with E-state index in [0.717, 1.165) is 13.0 Å². The lowest BCUT2D eigenvalue weighted by Gasteiger charge is -2.64. The van der Waals surface area contributed by atoms with Crippen molar-refractivity contribution in [2.45, 2.75) is 81.3 Å². The molecule has 0 bridgehead atoms. The maximum Gasteiger partial charge on any atom is 0.417 e. The minimum Gasteiger partial charge on any atom is -0.380 e. The van der Waals surface area contributed by atoms with Gasteiger partial charge in [0.15, 0.2) is 5.60 Å². The third kappa shape index (κ3) is 1.99. The molecule has 0 aromatic rings. The van der Waals surface area contributed by atoms with Crippen molar-refractivity contribution in [1.29, 1.82) is 0 Å². The molecular weight excluding hydrogens is 295 g/mol. The molecule has 3 aliphatic carbocycles. The predicted octanol–water partition coefficient (Wildman–Crippen LogP) is 2.77. The monoisotopic (exact) mass is 319 g/mol. The third-order valence-corrected chi connectivity index (χ3v) is 6.79. The molecule has 1 spiro atoms. The molecule has 1 aliphatic heterocycles. The van der Waals surface area contributed by atoms with E-state index in [-0.39, 0.29) is 24.3 Å². The first kappa shape index (κ1) is 15.2. The highest BCUT2D eigenvalue weighted by Crippen LogP contribution is 2.63. The van der Waals surface area contributed by atoms with Gasteiger partial charge in [-0.15, -0.1) is 0 Å². The van der Waals surface area contributed by atoms with Gasteiger partial charge in [0.25, 0.3) is 0 Å². The van der Waals surface area contributed by atoms with Gasteiger partial charge in [0.1, 0.15) is 0 Å². The van der Waals surface area contributed by atoms with Crippen LogP contribution in [-0.4, -0.2) is 41.7 Å². The molecule has 3 saturated carbocycles. The normalized spacial score (nSPS) is 46.9. The second kappa shape index (κ2) is 4.84. The van der Waals surface area contributed by atoms with E-state index in [1.807, 2.05) is 0 Å². The lowest BCUT2D eigenvalue weighted by Crippen LogP contribution is -2.72. The summed E-state index contributed by atoms with van der Waals surface area (Å²) in [5.41, 5.74) is -2.21. The van der Waals surface area contributed by atoms with Crippen LogP contribution in [0.5, 0.6) is 0 Å². The summed E-state index contributed by atoms with van der Waals surface area (Å²) < 4.78 is 44.5. The van der Waals surface area contributed by atoms with Gasteiger partial charge in [-0.1, -0.05) is 6.42 Å². The highest BCUT2D eigenvalue weighted by atomic mass is 19.4. The van der Waals surface area contributed by atoms with Crippen molar-refractivity contribution in [2.24, 2.45) is 11.3 Å². The van der Waals surface area contributed by atoms with E-state index in [2.05, 4.69) is 5.32 Å². The second-order valence-electron chi connectivity index (χ2n) is 7.78. The highest BCUT2D eigenvalue weighted by Gasteiger charge is 2.66. The molecule has 0 radical (unpaired) electrons. The van der Waals surface area contributed by atoms with Crippen molar-refractivity contribution < 1.29 is 23.0 Å². The Morgan fingerprint density at radius 2 is 1.73 bits per heavy atom. The molecule has 0 amide bonds. The zero-order valence-corrected chi connectivity index (χ0v) is 12.7. The summed E-state index contributed by atoms with van der Waals surface area (Å²) >= 11 is 0. The lowest BCUT2D eigenvalue weighted by molar-refractivity contribution is -0.271. The third-order valence-electron chi connectivity index (χ3n) is 6.79. The molecule has 1 saturated heterocycles. The van der Waals surface area contributed by atoms with Crippen molar-refractivity contribution in [3.63, 3.8) is 0 Å². The number of halogens is 3. The van der Waals surface area contributed by atoms with Gasteiger partial charge >= 0.3 is 6.18 Å². The van der Waals surface area contributed by atoms with Crippen molar-refractivity contribution in [3.8, 4) is 0 Å². The standard InChI is InChI=1S/C16H24F3NO2/c17-16(18,19)15(21)7-2-10(3-8-15)20-12-11-4-9-22-13(11)14(12)5-1-6-14/h10-13,20-21H,1-9H2/t10?,11-,12+,13+,15?/m0/s1. The van der Waals surface area contributed by atoms with Crippen LogP contribution in [0.15, 0.2) is 0 Å². The molecule has 3 nitrogen and oxygen atoms in total.